The highest BCUT2D eigenvalue weighted by molar-refractivity contribution is 4.87. The molecule has 2 aliphatic rings. The number of ether oxygens (including phenoxy) is 1. The van der Waals surface area contributed by atoms with Gasteiger partial charge < -0.3 is 15.0 Å². The molecule has 0 saturated carbocycles. The predicted octanol–water partition coefficient (Wildman–Crippen LogP) is 2.80. The average molecular weight is 268 g/mol. The summed E-state index contributed by atoms with van der Waals surface area (Å²) in [6.07, 6.45) is 6.21. The molecular formula is C16H32N2O. The van der Waals surface area contributed by atoms with Gasteiger partial charge in [0.15, 0.2) is 0 Å². The summed E-state index contributed by atoms with van der Waals surface area (Å²) in [6, 6.07) is 2.08. The van der Waals surface area contributed by atoms with Crippen molar-refractivity contribution in [2.24, 2.45) is 0 Å². The van der Waals surface area contributed by atoms with E-state index in [1.54, 1.807) is 0 Å². The first-order valence-corrected chi connectivity index (χ1v) is 8.14. The van der Waals surface area contributed by atoms with Gasteiger partial charge in [-0.15, -0.1) is 0 Å². The summed E-state index contributed by atoms with van der Waals surface area (Å²) >= 11 is 0. The summed E-state index contributed by atoms with van der Waals surface area (Å²) in [5, 5.41) is 3.76. The highest BCUT2D eigenvalue weighted by Gasteiger charge is 2.32. The van der Waals surface area contributed by atoms with Gasteiger partial charge in [-0.3, -0.25) is 0 Å². The van der Waals surface area contributed by atoms with Crippen LogP contribution in [-0.2, 0) is 4.74 Å². The van der Waals surface area contributed by atoms with Gasteiger partial charge in [0.2, 0.25) is 0 Å². The van der Waals surface area contributed by atoms with Gasteiger partial charge >= 0.3 is 0 Å². The van der Waals surface area contributed by atoms with Crippen LogP contribution in [0.4, 0.5) is 0 Å². The number of hydrogen-bond acceptors (Lipinski definition) is 3. The van der Waals surface area contributed by atoms with Gasteiger partial charge in [0.25, 0.3) is 0 Å². The third-order valence-corrected chi connectivity index (χ3v) is 4.81. The first-order valence-electron chi connectivity index (χ1n) is 8.14. The third kappa shape index (κ3) is 4.44. The fourth-order valence-electron chi connectivity index (χ4n) is 3.56. The predicted molar refractivity (Wildman–Crippen MR) is 80.5 cm³/mol. The van der Waals surface area contributed by atoms with E-state index in [0.29, 0.717) is 12.1 Å². The van der Waals surface area contributed by atoms with Crippen molar-refractivity contribution in [3.63, 3.8) is 0 Å². The van der Waals surface area contributed by atoms with Crippen LogP contribution in [-0.4, -0.2) is 48.3 Å². The van der Waals surface area contributed by atoms with Crippen LogP contribution in [0.25, 0.3) is 0 Å². The molecule has 2 aliphatic heterocycles. The molecule has 0 spiro atoms. The average Bonchev–Trinajstić information content (AvgIpc) is 2.33. The molecule has 2 heterocycles. The molecule has 0 aromatic heterocycles. The monoisotopic (exact) mass is 268 g/mol. The molecule has 0 radical (unpaired) electrons. The van der Waals surface area contributed by atoms with Gasteiger partial charge in [-0.1, -0.05) is 6.92 Å². The van der Waals surface area contributed by atoms with Crippen LogP contribution in [0.3, 0.4) is 0 Å². The Bertz CT molecular complexity index is 280. The van der Waals surface area contributed by atoms with Crippen molar-refractivity contribution in [2.45, 2.75) is 83.5 Å². The molecule has 0 aromatic rings. The molecule has 3 nitrogen and oxygen atoms in total. The van der Waals surface area contributed by atoms with Gasteiger partial charge in [0, 0.05) is 24.7 Å². The van der Waals surface area contributed by atoms with Crippen molar-refractivity contribution in [3.05, 3.63) is 0 Å². The third-order valence-electron chi connectivity index (χ3n) is 4.81. The van der Waals surface area contributed by atoms with Crippen LogP contribution in [0.5, 0.6) is 0 Å². The minimum atomic E-state index is 0.0688. The van der Waals surface area contributed by atoms with Crippen molar-refractivity contribution >= 4 is 0 Å². The molecule has 0 aliphatic carbocycles. The Morgan fingerprint density at radius 3 is 2.63 bits per heavy atom. The Hall–Kier alpha value is -0.120. The Balaban J connectivity index is 1.94. The summed E-state index contributed by atoms with van der Waals surface area (Å²) in [7, 11) is 0. The van der Waals surface area contributed by atoms with Crippen molar-refractivity contribution in [3.8, 4) is 0 Å². The summed E-state index contributed by atoms with van der Waals surface area (Å²) in [6.45, 7) is 12.5. The van der Waals surface area contributed by atoms with E-state index in [1.165, 1.54) is 45.2 Å². The van der Waals surface area contributed by atoms with Crippen LogP contribution < -0.4 is 5.32 Å². The van der Waals surface area contributed by atoms with E-state index in [9.17, 15) is 0 Å². The van der Waals surface area contributed by atoms with Crippen LogP contribution >= 0.6 is 0 Å². The molecule has 2 saturated heterocycles. The second-order valence-electron chi connectivity index (χ2n) is 7.04. The Morgan fingerprint density at radius 1 is 1.21 bits per heavy atom. The fraction of sp³-hybridized carbons (Fsp3) is 1.00. The molecule has 0 amide bonds. The minimum Gasteiger partial charge on any atom is -0.375 e. The van der Waals surface area contributed by atoms with Crippen LogP contribution in [0.15, 0.2) is 0 Å². The van der Waals surface area contributed by atoms with E-state index in [0.717, 1.165) is 12.6 Å². The largest absolute Gasteiger partial charge is 0.375 e. The van der Waals surface area contributed by atoms with Gasteiger partial charge in [-0.05, 0) is 66.0 Å². The van der Waals surface area contributed by atoms with Crippen LogP contribution in [0.2, 0.25) is 0 Å². The van der Waals surface area contributed by atoms with E-state index < -0.39 is 0 Å². The zero-order valence-corrected chi connectivity index (χ0v) is 13.2. The summed E-state index contributed by atoms with van der Waals surface area (Å²) in [4.78, 5) is 2.74. The van der Waals surface area contributed by atoms with Crippen molar-refractivity contribution < 1.29 is 4.74 Å². The Labute approximate surface area is 119 Å². The maximum Gasteiger partial charge on any atom is 0.0641 e. The van der Waals surface area contributed by atoms with Gasteiger partial charge in [-0.25, -0.2) is 0 Å². The topological polar surface area (TPSA) is 24.5 Å². The molecule has 1 N–H and O–H groups in total. The maximum atomic E-state index is 5.87. The van der Waals surface area contributed by atoms with Crippen molar-refractivity contribution in [1.29, 1.82) is 0 Å². The van der Waals surface area contributed by atoms with Crippen LogP contribution in [0, 0.1) is 0 Å². The highest BCUT2D eigenvalue weighted by Crippen LogP contribution is 2.28. The van der Waals surface area contributed by atoms with Crippen LogP contribution in [0.1, 0.15) is 59.8 Å². The normalized spacial score (nSPS) is 37.6. The molecule has 112 valence electrons. The van der Waals surface area contributed by atoms with E-state index >= 15 is 0 Å². The molecule has 19 heavy (non-hydrogen) atoms. The number of hydrogen-bond donors (Lipinski definition) is 1. The number of nitrogens with zero attached hydrogens (tertiary/aromatic N) is 1. The number of nitrogens with one attached hydrogen (secondary N) is 1. The summed E-state index contributed by atoms with van der Waals surface area (Å²) < 4.78 is 5.87. The smallest absolute Gasteiger partial charge is 0.0641 e. The zero-order chi connectivity index (χ0) is 13.9. The zero-order valence-electron chi connectivity index (χ0n) is 13.2. The van der Waals surface area contributed by atoms with E-state index in [4.69, 9.17) is 4.74 Å². The van der Waals surface area contributed by atoms with Gasteiger partial charge in [0.05, 0.1) is 5.60 Å². The lowest BCUT2D eigenvalue weighted by Gasteiger charge is -2.43. The standard InChI is InChI=1S/C16H32N2O/c1-5-14-7-10-18(9-6-13(2)17-14)15-8-11-19-16(3,4)12-15/h13-15,17H,5-12H2,1-4H3. The second-order valence-corrected chi connectivity index (χ2v) is 7.04. The summed E-state index contributed by atoms with van der Waals surface area (Å²) in [5.74, 6) is 0. The molecule has 3 heteroatoms. The number of rotatable bonds is 2. The summed E-state index contributed by atoms with van der Waals surface area (Å²) in [5.41, 5.74) is 0.0688. The van der Waals surface area contributed by atoms with E-state index in [1.807, 2.05) is 0 Å². The lowest BCUT2D eigenvalue weighted by Crippen LogP contribution is -2.50. The Kier molecular flexibility index (Phi) is 5.27. The van der Waals surface area contributed by atoms with Crippen molar-refractivity contribution in [1.82, 2.24) is 10.2 Å². The molecule has 2 rings (SSSR count). The van der Waals surface area contributed by atoms with Crippen molar-refractivity contribution in [2.75, 3.05) is 19.7 Å². The van der Waals surface area contributed by atoms with E-state index in [2.05, 4.69) is 37.9 Å². The second kappa shape index (κ2) is 6.55. The first kappa shape index (κ1) is 15.3. The Morgan fingerprint density at radius 2 is 1.95 bits per heavy atom. The highest BCUT2D eigenvalue weighted by atomic mass is 16.5. The molecule has 2 fully saturated rings. The first-order chi connectivity index (χ1) is 9.00. The molecule has 0 aromatic carbocycles. The van der Waals surface area contributed by atoms with Gasteiger partial charge in [-0.2, -0.15) is 0 Å². The maximum absolute atomic E-state index is 5.87. The lowest BCUT2D eigenvalue weighted by atomic mass is 9.92. The quantitative estimate of drug-likeness (QED) is 0.833. The molecule has 3 atom stereocenters. The molecule has 3 unspecified atom stereocenters. The molecule has 0 bridgehead atoms. The SMILES string of the molecule is CCC1CCN(C2CCOC(C)(C)C2)CCC(C)N1. The van der Waals surface area contributed by atoms with E-state index in [-0.39, 0.29) is 5.60 Å². The molecular weight excluding hydrogens is 236 g/mol. The minimum absolute atomic E-state index is 0.0688. The lowest BCUT2D eigenvalue weighted by molar-refractivity contribution is -0.0845. The fourth-order valence-corrected chi connectivity index (χ4v) is 3.56. The van der Waals surface area contributed by atoms with Gasteiger partial charge in [0.1, 0.15) is 0 Å².